The summed E-state index contributed by atoms with van der Waals surface area (Å²) in [5.41, 5.74) is 2.46. The second-order valence-corrected chi connectivity index (χ2v) is 7.08. The molecule has 3 aromatic rings. The van der Waals surface area contributed by atoms with E-state index >= 15 is 0 Å². The van der Waals surface area contributed by atoms with E-state index in [-0.39, 0.29) is 11.9 Å². The molecule has 0 unspecified atom stereocenters. The maximum atomic E-state index is 11.6. The fourth-order valence-corrected chi connectivity index (χ4v) is 3.22. The number of nitrogens with one attached hydrogen (secondary N) is 1. The third-order valence-corrected chi connectivity index (χ3v) is 5.01. The number of carbonyl (C=O) groups is 2. The first-order chi connectivity index (χ1) is 14.1. The lowest BCUT2D eigenvalue weighted by Crippen LogP contribution is -2.16. The molecular weight excluding hydrogens is 388 g/mol. The van der Waals surface area contributed by atoms with Crippen LogP contribution in [-0.4, -0.2) is 31.0 Å². The predicted octanol–water partition coefficient (Wildman–Crippen LogP) is 4.04. The minimum atomic E-state index is -0.358. The van der Waals surface area contributed by atoms with E-state index in [1.807, 2.05) is 48.6 Å². The Labute approximate surface area is 172 Å². The van der Waals surface area contributed by atoms with Gasteiger partial charge in [-0.25, -0.2) is 9.78 Å². The summed E-state index contributed by atoms with van der Waals surface area (Å²) in [6.07, 6.45) is 5.37. The van der Waals surface area contributed by atoms with Crippen LogP contribution in [0.15, 0.2) is 54.7 Å². The lowest BCUT2D eigenvalue weighted by atomic mass is 10.1. The van der Waals surface area contributed by atoms with Crippen molar-refractivity contribution in [1.82, 2.24) is 10.3 Å². The molecule has 0 bridgehead atoms. The molecule has 3 rings (SSSR count). The number of benzene rings is 2. The number of hydrogen-bond donors (Lipinski definition) is 1. The van der Waals surface area contributed by atoms with Crippen LogP contribution in [0.25, 0.3) is 12.2 Å². The van der Waals surface area contributed by atoms with Gasteiger partial charge in [0.1, 0.15) is 22.2 Å². The van der Waals surface area contributed by atoms with Crippen molar-refractivity contribution in [1.29, 1.82) is 0 Å². The van der Waals surface area contributed by atoms with Crippen molar-refractivity contribution in [3.8, 4) is 5.75 Å². The number of esters is 1. The summed E-state index contributed by atoms with van der Waals surface area (Å²) < 4.78 is 10.5. The Morgan fingerprint density at radius 2 is 1.79 bits per heavy atom. The van der Waals surface area contributed by atoms with Crippen LogP contribution in [0.4, 0.5) is 0 Å². The Bertz CT molecular complexity index is 1010. The molecule has 0 saturated carbocycles. The normalized spacial score (nSPS) is 10.7. The van der Waals surface area contributed by atoms with Crippen molar-refractivity contribution in [2.75, 3.05) is 14.2 Å². The van der Waals surface area contributed by atoms with Gasteiger partial charge in [0.05, 0.1) is 18.9 Å². The van der Waals surface area contributed by atoms with Gasteiger partial charge in [0, 0.05) is 7.05 Å². The molecule has 0 aliphatic heterocycles. The Hall–Kier alpha value is -3.45. The molecule has 1 aromatic heterocycles. The molecule has 1 heterocycles. The standard InChI is InChI=1S/C22H20N2O4S/c1-23-21(25)19-13-24-20(29-19)12-7-15-5-10-18(11-6-15)28-14-16-3-8-17(9-4-16)22(26)27-2/h3-13H,14H2,1-2H3,(H,23,25)/b12-7+. The minimum Gasteiger partial charge on any atom is -0.489 e. The Kier molecular flexibility index (Phi) is 6.76. The highest BCUT2D eigenvalue weighted by atomic mass is 32.1. The van der Waals surface area contributed by atoms with E-state index in [1.165, 1.54) is 18.4 Å². The summed E-state index contributed by atoms with van der Waals surface area (Å²) >= 11 is 1.33. The molecule has 6 nitrogen and oxygen atoms in total. The zero-order chi connectivity index (χ0) is 20.6. The molecule has 0 saturated heterocycles. The number of aromatic nitrogens is 1. The van der Waals surface area contributed by atoms with Crippen LogP contribution < -0.4 is 10.1 Å². The molecule has 148 valence electrons. The molecule has 0 aliphatic rings. The van der Waals surface area contributed by atoms with Crippen molar-refractivity contribution < 1.29 is 19.1 Å². The summed E-state index contributed by atoms with van der Waals surface area (Å²) in [5, 5.41) is 3.34. The van der Waals surface area contributed by atoms with Gasteiger partial charge in [-0.1, -0.05) is 30.3 Å². The topological polar surface area (TPSA) is 77.5 Å². The monoisotopic (exact) mass is 408 g/mol. The second kappa shape index (κ2) is 9.66. The van der Waals surface area contributed by atoms with Crippen molar-refractivity contribution >= 4 is 35.4 Å². The highest BCUT2D eigenvalue weighted by Crippen LogP contribution is 2.18. The summed E-state index contributed by atoms with van der Waals surface area (Å²) in [7, 11) is 2.95. The van der Waals surface area contributed by atoms with Gasteiger partial charge in [-0.3, -0.25) is 4.79 Å². The molecule has 7 heteroatoms. The summed E-state index contributed by atoms with van der Waals surface area (Å²) in [5.74, 6) is 0.252. The van der Waals surface area contributed by atoms with E-state index in [0.29, 0.717) is 17.0 Å². The number of rotatable bonds is 7. The SMILES string of the molecule is CNC(=O)c1cnc(/C=C/c2ccc(OCc3ccc(C(=O)OC)cc3)cc2)s1. The smallest absolute Gasteiger partial charge is 0.337 e. The molecule has 1 N–H and O–H groups in total. The van der Waals surface area contributed by atoms with Crippen LogP contribution >= 0.6 is 11.3 Å². The zero-order valence-electron chi connectivity index (χ0n) is 16.0. The van der Waals surface area contributed by atoms with Crippen LogP contribution in [-0.2, 0) is 11.3 Å². The van der Waals surface area contributed by atoms with Gasteiger partial charge < -0.3 is 14.8 Å². The maximum Gasteiger partial charge on any atom is 0.337 e. The molecule has 0 fully saturated rings. The Morgan fingerprint density at radius 1 is 1.07 bits per heavy atom. The summed E-state index contributed by atoms with van der Waals surface area (Å²) in [4.78, 5) is 27.8. The van der Waals surface area contributed by atoms with Crippen LogP contribution in [0, 0.1) is 0 Å². The van der Waals surface area contributed by atoms with Crippen LogP contribution in [0.5, 0.6) is 5.75 Å². The number of nitrogens with zero attached hydrogens (tertiary/aromatic N) is 1. The number of ether oxygens (including phenoxy) is 2. The molecule has 0 aliphatic carbocycles. The molecule has 0 radical (unpaired) electrons. The fraction of sp³-hybridized carbons (Fsp3) is 0.136. The van der Waals surface area contributed by atoms with Crippen molar-refractivity contribution in [3.05, 3.63) is 81.3 Å². The summed E-state index contributed by atoms with van der Waals surface area (Å²) in [6.45, 7) is 0.401. The van der Waals surface area contributed by atoms with E-state index in [9.17, 15) is 9.59 Å². The quantitative estimate of drug-likeness (QED) is 0.597. The average molecular weight is 408 g/mol. The molecule has 1 amide bonds. The largest absolute Gasteiger partial charge is 0.489 e. The van der Waals surface area contributed by atoms with Gasteiger partial charge in [0.25, 0.3) is 5.91 Å². The Morgan fingerprint density at radius 3 is 2.45 bits per heavy atom. The van der Waals surface area contributed by atoms with Crippen LogP contribution in [0.2, 0.25) is 0 Å². The first-order valence-electron chi connectivity index (χ1n) is 8.85. The number of hydrogen-bond acceptors (Lipinski definition) is 6. The van der Waals surface area contributed by atoms with Gasteiger partial charge in [-0.2, -0.15) is 0 Å². The van der Waals surface area contributed by atoms with Gasteiger partial charge in [0.15, 0.2) is 0 Å². The van der Waals surface area contributed by atoms with Gasteiger partial charge in [0.2, 0.25) is 0 Å². The van der Waals surface area contributed by atoms with Gasteiger partial charge >= 0.3 is 5.97 Å². The third-order valence-electron chi connectivity index (χ3n) is 4.05. The van der Waals surface area contributed by atoms with E-state index in [2.05, 4.69) is 15.0 Å². The lowest BCUT2D eigenvalue weighted by molar-refractivity contribution is 0.0600. The number of thiazole rings is 1. The zero-order valence-corrected chi connectivity index (χ0v) is 16.9. The van der Waals surface area contributed by atoms with Gasteiger partial charge in [-0.05, 0) is 41.5 Å². The summed E-state index contributed by atoms with van der Waals surface area (Å²) in [6, 6.07) is 14.8. The van der Waals surface area contributed by atoms with Crippen molar-refractivity contribution in [3.63, 3.8) is 0 Å². The van der Waals surface area contributed by atoms with Crippen LogP contribution in [0.3, 0.4) is 0 Å². The molecule has 29 heavy (non-hydrogen) atoms. The van der Waals surface area contributed by atoms with Crippen LogP contribution in [0.1, 0.15) is 36.2 Å². The fourth-order valence-electron chi connectivity index (χ4n) is 2.46. The van der Waals surface area contributed by atoms with E-state index in [4.69, 9.17) is 4.74 Å². The maximum absolute atomic E-state index is 11.6. The number of methoxy groups -OCH3 is 1. The van der Waals surface area contributed by atoms with Crippen molar-refractivity contribution in [2.45, 2.75) is 6.61 Å². The first-order valence-corrected chi connectivity index (χ1v) is 9.67. The third kappa shape index (κ3) is 5.52. The van der Waals surface area contributed by atoms with E-state index < -0.39 is 0 Å². The Balaban J connectivity index is 1.55. The number of carbonyl (C=O) groups excluding carboxylic acids is 2. The first kappa shape index (κ1) is 20.3. The predicted molar refractivity (Wildman–Crippen MR) is 113 cm³/mol. The van der Waals surface area contributed by atoms with Crippen molar-refractivity contribution in [2.24, 2.45) is 0 Å². The van der Waals surface area contributed by atoms with E-state index in [1.54, 1.807) is 25.4 Å². The molecule has 2 aromatic carbocycles. The molecule has 0 spiro atoms. The molecule has 0 atom stereocenters. The highest BCUT2D eigenvalue weighted by Gasteiger charge is 2.07. The number of amides is 1. The molecular formula is C22H20N2O4S. The average Bonchev–Trinajstić information content (AvgIpc) is 3.25. The minimum absolute atomic E-state index is 0.136. The highest BCUT2D eigenvalue weighted by molar-refractivity contribution is 7.14. The second-order valence-electron chi connectivity index (χ2n) is 6.02. The van der Waals surface area contributed by atoms with E-state index in [0.717, 1.165) is 21.9 Å². The lowest BCUT2D eigenvalue weighted by Gasteiger charge is -2.07. The van der Waals surface area contributed by atoms with Gasteiger partial charge in [-0.15, -0.1) is 11.3 Å².